The summed E-state index contributed by atoms with van der Waals surface area (Å²) in [7, 11) is -1.65. The van der Waals surface area contributed by atoms with Crippen molar-refractivity contribution in [3.63, 3.8) is 0 Å². The van der Waals surface area contributed by atoms with Gasteiger partial charge < -0.3 is 51.2 Å². The van der Waals surface area contributed by atoms with Crippen LogP contribution in [-0.2, 0) is 54.0 Å². The van der Waals surface area contributed by atoms with E-state index in [0.717, 1.165) is 23.5 Å². The molecule has 0 heterocycles. The number of amides is 4. The van der Waals surface area contributed by atoms with Gasteiger partial charge >= 0.3 is 11.9 Å². The largest absolute Gasteiger partial charge is 0.480 e. The Morgan fingerprint density at radius 3 is 1.77 bits per heavy atom. The maximum absolute atomic E-state index is 12.8. The molecule has 0 aliphatic heterocycles. The van der Waals surface area contributed by atoms with Gasteiger partial charge in [-0.3, -0.25) is 34.1 Å². The third-order valence-electron chi connectivity index (χ3n) is 8.92. The van der Waals surface area contributed by atoms with Gasteiger partial charge in [0.2, 0.25) is 17.7 Å². The van der Waals surface area contributed by atoms with Gasteiger partial charge in [0, 0.05) is 67.4 Å². The molecule has 0 aromatic heterocycles. The maximum atomic E-state index is 12.8. The van der Waals surface area contributed by atoms with Crippen LogP contribution >= 0.6 is 23.5 Å². The van der Waals surface area contributed by atoms with Crippen LogP contribution in [0.5, 0.6) is 0 Å². The number of Topliss-reactive ketones (excluding diaryl/α,β-unsaturated/α-hetero) is 1. The molecule has 0 spiro atoms. The van der Waals surface area contributed by atoms with Gasteiger partial charge in [-0.05, 0) is 52.9 Å². The summed E-state index contributed by atoms with van der Waals surface area (Å²) >= 11 is 2.14. The molecule has 0 aliphatic carbocycles. The first-order chi connectivity index (χ1) is 29.4. The van der Waals surface area contributed by atoms with Crippen molar-refractivity contribution in [2.45, 2.75) is 130 Å². The Labute approximate surface area is 389 Å². The lowest BCUT2D eigenvalue weighted by molar-refractivity contribution is -0.142. The number of carboxylic acid groups (broad SMARTS) is 2. The zero-order valence-electron chi connectivity index (χ0n) is 39.2. The number of ketones is 1. The van der Waals surface area contributed by atoms with E-state index in [0.29, 0.717) is 32.7 Å². The van der Waals surface area contributed by atoms with Crippen molar-refractivity contribution in [1.82, 2.24) is 31.3 Å². The van der Waals surface area contributed by atoms with Crippen LogP contribution in [0.15, 0.2) is 0 Å². The molecule has 5 unspecified atom stereocenters. The van der Waals surface area contributed by atoms with E-state index in [1.165, 1.54) is 0 Å². The molecule has 10 N–H and O–H groups in total. The van der Waals surface area contributed by atoms with E-state index in [-0.39, 0.29) is 84.9 Å². The molecule has 64 heavy (non-hydrogen) atoms. The number of aliphatic hydroxyl groups is 2. The van der Waals surface area contributed by atoms with E-state index < -0.39 is 81.5 Å². The number of carboxylic acids is 2. The van der Waals surface area contributed by atoms with Crippen LogP contribution in [0.25, 0.3) is 0 Å². The fourth-order valence-electron chi connectivity index (χ4n) is 5.25. The molecule has 372 valence electrons. The number of thioether (sulfide) groups is 2. The number of carbonyl (C=O) groups is 7. The fraction of sp³-hybridized carbons (Fsp3) is 0.829. The summed E-state index contributed by atoms with van der Waals surface area (Å²) in [5.74, 6) is -4.53. The Morgan fingerprint density at radius 2 is 1.23 bits per heavy atom. The highest BCUT2D eigenvalue weighted by atomic mass is 32.2. The molecular formula is C41H76N6O14S3. The fourth-order valence-corrected chi connectivity index (χ4v) is 7.92. The number of rotatable bonds is 35. The Balaban J connectivity index is 4.36. The zero-order valence-corrected chi connectivity index (χ0v) is 41.7. The molecular weight excluding hydrogens is 897 g/mol. The number of hydrogen-bond donors (Lipinski definition) is 10. The van der Waals surface area contributed by atoms with Crippen LogP contribution in [0.3, 0.4) is 0 Å². The van der Waals surface area contributed by atoms with Crippen LogP contribution in [-0.4, -0.2) is 176 Å². The van der Waals surface area contributed by atoms with E-state index in [1.807, 2.05) is 55.4 Å². The predicted octanol–water partition coefficient (Wildman–Crippen LogP) is 0.201. The Kier molecular flexibility index (Phi) is 29.0. The topological polar surface area (TPSA) is 308 Å². The van der Waals surface area contributed by atoms with Crippen molar-refractivity contribution in [2.24, 2.45) is 10.8 Å². The highest BCUT2D eigenvalue weighted by Crippen LogP contribution is 2.24. The molecule has 0 saturated carbocycles. The molecule has 4 amide bonds. The summed E-state index contributed by atoms with van der Waals surface area (Å²) in [6, 6.07) is -2.09. The quantitative estimate of drug-likeness (QED) is 0.0380. The summed E-state index contributed by atoms with van der Waals surface area (Å²) < 4.78 is 26.6. The van der Waals surface area contributed by atoms with E-state index in [4.69, 9.17) is 9.47 Å². The van der Waals surface area contributed by atoms with Crippen LogP contribution in [0.4, 0.5) is 0 Å². The lowest BCUT2D eigenvalue weighted by Gasteiger charge is -2.29. The molecule has 0 rings (SSSR count). The predicted molar refractivity (Wildman–Crippen MR) is 248 cm³/mol. The van der Waals surface area contributed by atoms with Crippen molar-refractivity contribution in [3.8, 4) is 0 Å². The number of nitrogens with one attached hydrogen (secondary N) is 6. The number of aliphatic hydroxyl groups excluding tert-OH is 2. The first kappa shape index (κ1) is 61.1. The summed E-state index contributed by atoms with van der Waals surface area (Å²) in [6.45, 7) is 19.8. The highest BCUT2D eigenvalue weighted by molar-refractivity contribution is 8.00. The summed E-state index contributed by atoms with van der Waals surface area (Å²) in [5, 5.41) is 52.4. The standard InChI is InChI=1S/C41H76N6O14S3/c1-38(2,3)30(49)11-18-60-26-40(7,8)13-19-61-41(9,10)21-31(50)46-27(36(55)56)22-62-24-32(51)42-14-15-44-35(54)34(53)29(48)12-20-64(59)45-17-16-43-33(52)25-63-23-28(37(57)58)47-39(4,5)6/h27-29,34,45,47-48,53H,11-26H2,1-10H3,(H,42,51)(H,43,52)(H,44,54)(H,46,50)(H,55,56)(H,57,58). The second kappa shape index (κ2) is 30.4. The Bertz CT molecular complexity index is 1520. The van der Waals surface area contributed by atoms with Gasteiger partial charge in [-0.2, -0.15) is 0 Å². The minimum atomic E-state index is -1.83. The van der Waals surface area contributed by atoms with Crippen LogP contribution in [0, 0.1) is 10.8 Å². The molecule has 0 aromatic rings. The van der Waals surface area contributed by atoms with Crippen molar-refractivity contribution in [2.75, 3.05) is 74.8 Å². The normalized spacial score (nSPS) is 14.7. The second-order valence-electron chi connectivity index (χ2n) is 18.7. The highest BCUT2D eigenvalue weighted by Gasteiger charge is 2.29. The lowest BCUT2D eigenvalue weighted by Crippen LogP contribution is -2.49. The summed E-state index contributed by atoms with van der Waals surface area (Å²) in [6.07, 6.45) is -2.71. The van der Waals surface area contributed by atoms with E-state index in [1.54, 1.807) is 13.8 Å². The van der Waals surface area contributed by atoms with Gasteiger partial charge in [0.05, 0.1) is 53.8 Å². The second-order valence-corrected chi connectivity index (χ2v) is 22.1. The maximum Gasteiger partial charge on any atom is 0.327 e. The van der Waals surface area contributed by atoms with Crippen LogP contribution in [0.2, 0.25) is 0 Å². The smallest absolute Gasteiger partial charge is 0.327 e. The van der Waals surface area contributed by atoms with Gasteiger partial charge in [0.15, 0.2) is 6.10 Å². The molecule has 20 nitrogen and oxygen atoms in total. The summed E-state index contributed by atoms with van der Waals surface area (Å²) in [5.41, 5.74) is -1.97. The average molecular weight is 973 g/mol. The third kappa shape index (κ3) is 31.1. The molecule has 23 heteroatoms. The van der Waals surface area contributed by atoms with E-state index in [9.17, 15) is 58.2 Å². The molecule has 0 aromatic carbocycles. The van der Waals surface area contributed by atoms with Crippen molar-refractivity contribution < 1.29 is 67.7 Å². The molecule has 0 bridgehead atoms. The number of carbonyl (C=O) groups excluding carboxylic acids is 5. The van der Waals surface area contributed by atoms with Crippen LogP contribution in [0.1, 0.15) is 94.9 Å². The molecule has 0 fully saturated rings. The van der Waals surface area contributed by atoms with Crippen molar-refractivity contribution in [3.05, 3.63) is 0 Å². The first-order valence-electron chi connectivity index (χ1n) is 21.2. The monoisotopic (exact) mass is 972 g/mol. The number of hydrogen-bond acceptors (Lipinski definition) is 15. The van der Waals surface area contributed by atoms with Gasteiger partial charge in [-0.1, -0.05) is 34.6 Å². The Morgan fingerprint density at radius 1 is 0.703 bits per heavy atom. The minimum Gasteiger partial charge on any atom is -0.480 e. The van der Waals surface area contributed by atoms with E-state index >= 15 is 0 Å². The number of aliphatic carboxylic acids is 2. The average Bonchev–Trinajstić information content (AvgIpc) is 3.16. The van der Waals surface area contributed by atoms with Gasteiger partial charge in [-0.25, -0.2) is 13.7 Å². The molecule has 5 atom stereocenters. The minimum absolute atomic E-state index is 0.0363. The SMILES string of the molecule is CC(C)(CCOC(C)(C)CC(=O)NC(CSCC(=O)NCCNC(=O)C(O)C(O)CCS(=O)NCCNC(=O)CSCC(NC(C)(C)C)C(=O)O)C(=O)O)COCCC(=O)C(C)(C)C. The number of ether oxygens (including phenoxy) is 2. The van der Waals surface area contributed by atoms with E-state index in [2.05, 4.69) is 31.3 Å². The third-order valence-corrected chi connectivity index (χ3v) is 12.1. The molecule has 0 aliphatic rings. The van der Waals surface area contributed by atoms with Crippen LogP contribution < -0.4 is 31.3 Å². The van der Waals surface area contributed by atoms with Gasteiger partial charge in [0.25, 0.3) is 5.91 Å². The Hall–Kier alpha value is -2.90. The first-order valence-corrected chi connectivity index (χ1v) is 24.8. The summed E-state index contributed by atoms with van der Waals surface area (Å²) in [4.78, 5) is 84.8. The molecule has 0 radical (unpaired) electrons. The van der Waals surface area contributed by atoms with Crippen molar-refractivity contribution >= 4 is 75.9 Å². The lowest BCUT2D eigenvalue weighted by atomic mass is 9.89. The van der Waals surface area contributed by atoms with Gasteiger partial charge in [0.1, 0.15) is 17.9 Å². The zero-order chi connectivity index (χ0) is 49.3. The van der Waals surface area contributed by atoms with Crippen molar-refractivity contribution in [1.29, 1.82) is 0 Å². The van der Waals surface area contributed by atoms with Gasteiger partial charge in [-0.15, -0.1) is 23.5 Å². The molecule has 0 saturated heterocycles.